The average Bonchev–Trinajstić information content (AvgIpc) is 3.54. The van der Waals surface area contributed by atoms with Crippen molar-refractivity contribution in [3.8, 4) is 5.69 Å². The van der Waals surface area contributed by atoms with Crippen LogP contribution in [0.25, 0.3) is 16.7 Å². The zero-order chi connectivity index (χ0) is 25.2. The molecule has 11 heteroatoms. The van der Waals surface area contributed by atoms with Crippen LogP contribution in [-0.2, 0) is 0 Å². The maximum atomic E-state index is 12.8. The smallest absolute Gasteiger partial charge is 0.293 e. The number of aromatic nitrogens is 3. The number of nitrogens with one attached hydrogen (secondary N) is 2. The Bertz CT molecular complexity index is 1480. The zero-order valence-electron chi connectivity index (χ0n) is 19.5. The number of amides is 1. The van der Waals surface area contributed by atoms with Gasteiger partial charge in [-0.2, -0.15) is 4.80 Å². The number of anilines is 2. The Morgan fingerprint density at radius 3 is 2.42 bits per heavy atom. The van der Waals surface area contributed by atoms with Crippen LogP contribution in [0.4, 0.5) is 17.1 Å². The first-order valence-electron chi connectivity index (χ1n) is 11.5. The van der Waals surface area contributed by atoms with Crippen LogP contribution in [0.1, 0.15) is 28.8 Å². The molecule has 4 aromatic rings. The van der Waals surface area contributed by atoms with Gasteiger partial charge in [0.25, 0.3) is 11.6 Å². The second-order valence-corrected chi connectivity index (χ2v) is 8.95. The van der Waals surface area contributed by atoms with Gasteiger partial charge in [-0.05, 0) is 73.9 Å². The maximum Gasteiger partial charge on any atom is 0.293 e. The lowest BCUT2D eigenvalue weighted by atomic mass is 10.1. The van der Waals surface area contributed by atoms with Crippen LogP contribution in [0.15, 0.2) is 60.7 Å². The van der Waals surface area contributed by atoms with Gasteiger partial charge in [-0.3, -0.25) is 20.2 Å². The summed E-state index contributed by atoms with van der Waals surface area (Å²) >= 11 is 5.35. The number of fused-ring (bicyclic) bond motifs is 1. The van der Waals surface area contributed by atoms with E-state index in [0.717, 1.165) is 42.7 Å². The fourth-order valence-corrected chi connectivity index (χ4v) is 4.45. The van der Waals surface area contributed by atoms with E-state index in [0.29, 0.717) is 16.9 Å². The summed E-state index contributed by atoms with van der Waals surface area (Å²) in [4.78, 5) is 27.5. The fraction of sp³-hybridized carbons (Fsp3) is 0.200. The third kappa shape index (κ3) is 4.73. The summed E-state index contributed by atoms with van der Waals surface area (Å²) in [6.07, 6.45) is 1.99. The number of nitro benzene ring substituents is 1. The van der Waals surface area contributed by atoms with Crippen molar-refractivity contribution in [3.05, 3.63) is 81.9 Å². The predicted molar refractivity (Wildman–Crippen MR) is 142 cm³/mol. The van der Waals surface area contributed by atoms with E-state index in [4.69, 9.17) is 12.2 Å². The van der Waals surface area contributed by atoms with Gasteiger partial charge in [-0.25, -0.2) is 0 Å². The number of thiocarbonyl (C=S) groups is 1. The van der Waals surface area contributed by atoms with Crippen LogP contribution in [0.3, 0.4) is 0 Å². The van der Waals surface area contributed by atoms with E-state index in [1.54, 1.807) is 16.9 Å². The summed E-state index contributed by atoms with van der Waals surface area (Å²) in [6.45, 7) is 3.43. The van der Waals surface area contributed by atoms with Crippen LogP contribution >= 0.6 is 12.2 Å². The standard InChI is InChI=1S/C25H23N7O3S/c1-16-13-20-21(29-31(28-20)18-7-3-2-4-8-18)15-19(16)26-25(36)27-24(33)17-9-10-22(23(14-17)32(34)35)30-11-5-6-12-30/h2-4,7-10,13-15H,5-6,11-12H2,1H3,(H2,26,27,33,36). The summed E-state index contributed by atoms with van der Waals surface area (Å²) in [5.41, 5.74) is 4.36. The molecule has 0 spiro atoms. The molecule has 1 aliphatic rings. The summed E-state index contributed by atoms with van der Waals surface area (Å²) in [6, 6.07) is 17.8. The third-order valence-corrected chi connectivity index (χ3v) is 6.27. The molecule has 1 saturated heterocycles. The van der Waals surface area contributed by atoms with Gasteiger partial charge in [0.2, 0.25) is 0 Å². The van der Waals surface area contributed by atoms with Gasteiger partial charge in [0.15, 0.2) is 5.11 Å². The summed E-state index contributed by atoms with van der Waals surface area (Å²) < 4.78 is 0. The molecule has 0 atom stereocenters. The summed E-state index contributed by atoms with van der Waals surface area (Å²) in [7, 11) is 0. The van der Waals surface area contributed by atoms with Crippen molar-refractivity contribution in [2.45, 2.75) is 19.8 Å². The second-order valence-electron chi connectivity index (χ2n) is 8.54. The van der Waals surface area contributed by atoms with Crippen LogP contribution in [0, 0.1) is 17.0 Å². The number of carbonyl (C=O) groups is 1. The Labute approximate surface area is 212 Å². The van der Waals surface area contributed by atoms with Crippen LogP contribution in [0.2, 0.25) is 0 Å². The minimum atomic E-state index is -0.530. The van der Waals surface area contributed by atoms with Gasteiger partial charge in [-0.15, -0.1) is 10.2 Å². The molecule has 0 radical (unpaired) electrons. The first-order chi connectivity index (χ1) is 17.4. The van der Waals surface area contributed by atoms with Crippen LogP contribution in [-0.4, -0.2) is 44.0 Å². The Balaban J connectivity index is 1.32. The number of hydrogen-bond donors (Lipinski definition) is 2. The fourth-order valence-electron chi connectivity index (χ4n) is 4.24. The minimum Gasteiger partial charge on any atom is -0.366 e. The molecule has 5 rings (SSSR count). The van der Waals surface area contributed by atoms with E-state index in [2.05, 4.69) is 20.8 Å². The number of para-hydroxylation sites is 1. The van der Waals surface area contributed by atoms with Gasteiger partial charge < -0.3 is 10.2 Å². The molecule has 1 aliphatic heterocycles. The topological polar surface area (TPSA) is 118 Å². The molecule has 36 heavy (non-hydrogen) atoms. The van der Waals surface area contributed by atoms with E-state index in [1.165, 1.54) is 6.07 Å². The molecule has 1 amide bonds. The van der Waals surface area contributed by atoms with E-state index < -0.39 is 10.8 Å². The molecule has 2 heterocycles. The number of rotatable bonds is 5. The molecule has 3 aromatic carbocycles. The van der Waals surface area contributed by atoms with E-state index in [1.807, 2.05) is 54.3 Å². The van der Waals surface area contributed by atoms with Crippen molar-refractivity contribution in [2.24, 2.45) is 0 Å². The highest BCUT2D eigenvalue weighted by molar-refractivity contribution is 7.80. The van der Waals surface area contributed by atoms with Gasteiger partial charge in [0, 0.05) is 30.4 Å². The van der Waals surface area contributed by atoms with Crippen molar-refractivity contribution in [1.82, 2.24) is 20.3 Å². The second kappa shape index (κ2) is 9.70. The van der Waals surface area contributed by atoms with Gasteiger partial charge in [0.1, 0.15) is 16.7 Å². The van der Waals surface area contributed by atoms with Gasteiger partial charge >= 0.3 is 0 Å². The number of nitro groups is 1. The Hall–Kier alpha value is -4.38. The highest BCUT2D eigenvalue weighted by atomic mass is 32.1. The van der Waals surface area contributed by atoms with E-state index in [9.17, 15) is 14.9 Å². The molecule has 2 N–H and O–H groups in total. The van der Waals surface area contributed by atoms with Gasteiger partial charge in [0.05, 0.1) is 10.6 Å². The molecular weight excluding hydrogens is 478 g/mol. The monoisotopic (exact) mass is 501 g/mol. The number of carbonyl (C=O) groups excluding carboxylic acids is 1. The molecule has 1 aromatic heterocycles. The summed E-state index contributed by atoms with van der Waals surface area (Å²) in [5, 5.41) is 26.4. The SMILES string of the molecule is Cc1cc2nn(-c3ccccc3)nc2cc1NC(=S)NC(=O)c1ccc(N2CCCC2)c([N+](=O)[O-])c1. The van der Waals surface area contributed by atoms with Crippen molar-refractivity contribution in [3.63, 3.8) is 0 Å². The van der Waals surface area contributed by atoms with E-state index >= 15 is 0 Å². The van der Waals surface area contributed by atoms with Crippen LogP contribution < -0.4 is 15.5 Å². The number of aryl methyl sites for hydroxylation is 1. The first-order valence-corrected chi connectivity index (χ1v) is 11.9. The quantitative estimate of drug-likeness (QED) is 0.235. The number of nitrogens with zero attached hydrogens (tertiary/aromatic N) is 5. The van der Waals surface area contributed by atoms with E-state index in [-0.39, 0.29) is 16.4 Å². The van der Waals surface area contributed by atoms with Crippen molar-refractivity contribution < 1.29 is 9.72 Å². The molecule has 1 fully saturated rings. The number of benzene rings is 3. The zero-order valence-corrected chi connectivity index (χ0v) is 20.3. The van der Waals surface area contributed by atoms with Gasteiger partial charge in [-0.1, -0.05) is 18.2 Å². The molecule has 0 unspecified atom stereocenters. The molecule has 0 bridgehead atoms. The molecule has 0 aliphatic carbocycles. The third-order valence-electron chi connectivity index (χ3n) is 6.07. The number of hydrogen-bond acceptors (Lipinski definition) is 7. The largest absolute Gasteiger partial charge is 0.366 e. The van der Waals surface area contributed by atoms with Crippen molar-refractivity contribution in [2.75, 3.05) is 23.3 Å². The predicted octanol–water partition coefficient (Wildman–Crippen LogP) is 4.36. The lowest BCUT2D eigenvalue weighted by Gasteiger charge is -2.18. The molecule has 0 saturated carbocycles. The Kier molecular flexibility index (Phi) is 6.30. The average molecular weight is 502 g/mol. The lowest BCUT2D eigenvalue weighted by molar-refractivity contribution is -0.384. The molecular formula is C25H23N7O3S. The molecule has 182 valence electrons. The summed E-state index contributed by atoms with van der Waals surface area (Å²) in [5.74, 6) is -0.530. The molecule has 10 nitrogen and oxygen atoms in total. The normalized spacial score (nSPS) is 13.1. The highest BCUT2D eigenvalue weighted by Crippen LogP contribution is 2.31. The van der Waals surface area contributed by atoms with Crippen LogP contribution in [0.5, 0.6) is 0 Å². The minimum absolute atomic E-state index is 0.0733. The lowest BCUT2D eigenvalue weighted by Crippen LogP contribution is -2.34. The highest BCUT2D eigenvalue weighted by Gasteiger charge is 2.24. The maximum absolute atomic E-state index is 12.8. The van der Waals surface area contributed by atoms with Crippen molar-refractivity contribution in [1.29, 1.82) is 0 Å². The van der Waals surface area contributed by atoms with Crippen molar-refractivity contribution >= 4 is 51.3 Å². The first kappa shape index (κ1) is 23.4. The Morgan fingerprint density at radius 2 is 1.72 bits per heavy atom. The Morgan fingerprint density at radius 1 is 1.03 bits per heavy atom.